The Morgan fingerprint density at radius 1 is 1.23 bits per heavy atom. The van der Waals surface area contributed by atoms with E-state index in [0.717, 1.165) is 47.7 Å². The van der Waals surface area contributed by atoms with E-state index in [9.17, 15) is 9.59 Å². The summed E-state index contributed by atoms with van der Waals surface area (Å²) < 4.78 is 0. The largest absolute Gasteiger partial charge is 0.353 e. The van der Waals surface area contributed by atoms with Crippen LogP contribution in [-0.4, -0.2) is 59.3 Å². The summed E-state index contributed by atoms with van der Waals surface area (Å²) in [6.45, 7) is 9.52. The van der Waals surface area contributed by atoms with Crippen LogP contribution in [0.15, 0.2) is 35.7 Å². The molecule has 0 aromatic carbocycles. The molecule has 0 unspecified atom stereocenters. The molecule has 3 heterocycles. The highest BCUT2D eigenvalue weighted by Gasteiger charge is 2.24. The molecule has 0 bridgehead atoms. The average molecular weight is 422 g/mol. The molecule has 7 heteroatoms. The van der Waals surface area contributed by atoms with Gasteiger partial charge in [0.1, 0.15) is 5.82 Å². The van der Waals surface area contributed by atoms with Crippen molar-refractivity contribution in [1.29, 1.82) is 5.26 Å². The van der Waals surface area contributed by atoms with Crippen LogP contribution in [0.1, 0.15) is 43.7 Å². The number of anilines is 1. The molecule has 2 aliphatic rings. The smallest absolute Gasteiger partial charge is 0.227 e. The molecular weight excluding hydrogens is 390 g/mol. The van der Waals surface area contributed by atoms with Gasteiger partial charge in [-0.25, -0.2) is 4.98 Å². The van der Waals surface area contributed by atoms with Gasteiger partial charge in [-0.3, -0.25) is 9.59 Å². The van der Waals surface area contributed by atoms with Crippen molar-refractivity contribution in [3.05, 3.63) is 46.8 Å². The van der Waals surface area contributed by atoms with Crippen LogP contribution in [-0.2, 0) is 9.59 Å². The van der Waals surface area contributed by atoms with E-state index in [1.54, 1.807) is 4.90 Å². The number of pyridine rings is 1. The van der Waals surface area contributed by atoms with Crippen molar-refractivity contribution >= 4 is 17.6 Å². The topological polar surface area (TPSA) is 80.5 Å². The number of carbonyl (C=O) groups is 2. The van der Waals surface area contributed by atoms with Gasteiger partial charge in [-0.2, -0.15) is 5.26 Å². The standard InChI is InChI=1S/C24H31N5O2/c1-18-16-20(3)24(26-17-18)28-14-12-27(13-15-28)22(30)7-4-6-21(19(2)9-10-25)29-11-5-8-23(29)31/h4,6,16-17H,5,7-9,11-15H2,1-3H3/b6-4-,21-19+. The summed E-state index contributed by atoms with van der Waals surface area (Å²) >= 11 is 0. The molecule has 3 rings (SSSR count). The van der Waals surface area contributed by atoms with E-state index in [0.29, 0.717) is 26.1 Å². The molecule has 7 nitrogen and oxygen atoms in total. The highest BCUT2D eigenvalue weighted by Crippen LogP contribution is 2.22. The summed E-state index contributed by atoms with van der Waals surface area (Å²) in [5, 5.41) is 9.03. The van der Waals surface area contributed by atoms with Gasteiger partial charge in [0.25, 0.3) is 0 Å². The number of aryl methyl sites for hydroxylation is 2. The van der Waals surface area contributed by atoms with E-state index < -0.39 is 0 Å². The number of aromatic nitrogens is 1. The van der Waals surface area contributed by atoms with E-state index in [4.69, 9.17) is 5.26 Å². The Balaban J connectivity index is 1.58. The Kier molecular flexibility index (Phi) is 7.45. The van der Waals surface area contributed by atoms with Crippen LogP contribution in [0.5, 0.6) is 0 Å². The number of likely N-dealkylation sites (tertiary alicyclic amines) is 1. The summed E-state index contributed by atoms with van der Waals surface area (Å²) in [5.74, 6) is 1.16. The zero-order valence-corrected chi connectivity index (χ0v) is 18.7. The summed E-state index contributed by atoms with van der Waals surface area (Å²) in [6.07, 6.45) is 7.46. The Hall–Kier alpha value is -3.14. The van der Waals surface area contributed by atoms with Crippen LogP contribution in [0.25, 0.3) is 0 Å². The van der Waals surface area contributed by atoms with Gasteiger partial charge in [0, 0.05) is 57.5 Å². The molecule has 0 aliphatic carbocycles. The maximum absolute atomic E-state index is 12.7. The van der Waals surface area contributed by atoms with E-state index in [1.165, 1.54) is 0 Å². The fraction of sp³-hybridized carbons (Fsp3) is 0.500. The number of hydrogen-bond acceptors (Lipinski definition) is 5. The van der Waals surface area contributed by atoms with E-state index in [2.05, 4.69) is 28.9 Å². The van der Waals surface area contributed by atoms with Crippen molar-refractivity contribution in [1.82, 2.24) is 14.8 Å². The van der Waals surface area contributed by atoms with Crippen LogP contribution in [0, 0.1) is 25.2 Å². The van der Waals surface area contributed by atoms with Crippen LogP contribution >= 0.6 is 0 Å². The number of amides is 2. The fourth-order valence-electron chi connectivity index (χ4n) is 4.18. The third kappa shape index (κ3) is 5.52. The SMILES string of the molecule is C/C(CC#N)=C(/C=C\CC(=O)N1CCN(c2ncc(C)cc2C)CC1)N1CCCC1=O. The van der Waals surface area contributed by atoms with Crippen LogP contribution < -0.4 is 4.90 Å². The minimum Gasteiger partial charge on any atom is -0.353 e. The van der Waals surface area contributed by atoms with Crippen LogP contribution in [0.3, 0.4) is 0 Å². The Morgan fingerprint density at radius 2 is 1.97 bits per heavy atom. The first-order valence-corrected chi connectivity index (χ1v) is 10.9. The monoisotopic (exact) mass is 421 g/mol. The number of allylic oxidation sites excluding steroid dienone is 2. The number of carbonyl (C=O) groups excluding carboxylic acids is 2. The predicted octanol–water partition coefficient (Wildman–Crippen LogP) is 3.10. The average Bonchev–Trinajstić information content (AvgIpc) is 3.17. The van der Waals surface area contributed by atoms with Crippen molar-refractivity contribution in [2.45, 2.75) is 46.5 Å². The van der Waals surface area contributed by atoms with E-state index >= 15 is 0 Å². The van der Waals surface area contributed by atoms with Gasteiger partial charge in [0.2, 0.25) is 11.8 Å². The van der Waals surface area contributed by atoms with E-state index in [1.807, 2.05) is 37.1 Å². The number of rotatable bonds is 6. The summed E-state index contributed by atoms with van der Waals surface area (Å²) in [6, 6.07) is 4.28. The van der Waals surface area contributed by atoms with Crippen molar-refractivity contribution in [3.8, 4) is 6.07 Å². The molecule has 0 spiro atoms. The summed E-state index contributed by atoms with van der Waals surface area (Å²) in [4.78, 5) is 35.3. The highest BCUT2D eigenvalue weighted by atomic mass is 16.2. The minimum atomic E-state index is 0.0783. The molecule has 1 aromatic rings. The molecule has 2 saturated heterocycles. The van der Waals surface area contributed by atoms with Gasteiger partial charge < -0.3 is 14.7 Å². The lowest BCUT2D eigenvalue weighted by Gasteiger charge is -2.36. The van der Waals surface area contributed by atoms with Gasteiger partial charge in [-0.15, -0.1) is 0 Å². The van der Waals surface area contributed by atoms with Crippen LogP contribution in [0.4, 0.5) is 5.82 Å². The summed E-state index contributed by atoms with van der Waals surface area (Å²) in [7, 11) is 0. The first-order chi connectivity index (χ1) is 14.9. The number of nitrogens with zero attached hydrogens (tertiary/aromatic N) is 5. The number of hydrogen-bond donors (Lipinski definition) is 0. The van der Waals surface area contributed by atoms with Crippen molar-refractivity contribution in [2.75, 3.05) is 37.6 Å². The predicted molar refractivity (Wildman–Crippen MR) is 120 cm³/mol. The number of piperazine rings is 1. The van der Waals surface area contributed by atoms with E-state index in [-0.39, 0.29) is 24.7 Å². The van der Waals surface area contributed by atoms with Crippen molar-refractivity contribution < 1.29 is 9.59 Å². The quantitative estimate of drug-likeness (QED) is 0.660. The number of nitriles is 1. The van der Waals surface area contributed by atoms with Gasteiger partial charge in [0.05, 0.1) is 12.5 Å². The lowest BCUT2D eigenvalue weighted by molar-refractivity contribution is -0.130. The molecule has 2 fully saturated rings. The third-order valence-electron chi connectivity index (χ3n) is 5.83. The molecule has 0 N–H and O–H groups in total. The lowest BCUT2D eigenvalue weighted by Crippen LogP contribution is -2.49. The zero-order chi connectivity index (χ0) is 22.4. The molecular formula is C24H31N5O2. The molecule has 164 valence electrons. The second-order valence-electron chi connectivity index (χ2n) is 8.28. The lowest BCUT2D eigenvalue weighted by atomic mass is 10.1. The minimum absolute atomic E-state index is 0.0783. The zero-order valence-electron chi connectivity index (χ0n) is 18.7. The highest BCUT2D eigenvalue weighted by molar-refractivity contribution is 5.81. The fourth-order valence-corrected chi connectivity index (χ4v) is 4.18. The molecule has 0 saturated carbocycles. The second-order valence-corrected chi connectivity index (χ2v) is 8.28. The second kappa shape index (κ2) is 10.3. The first kappa shape index (κ1) is 22.5. The Labute approximate surface area is 184 Å². The molecule has 2 amide bonds. The van der Waals surface area contributed by atoms with Crippen molar-refractivity contribution in [2.24, 2.45) is 0 Å². The molecule has 2 aliphatic heterocycles. The Morgan fingerprint density at radius 3 is 2.58 bits per heavy atom. The first-order valence-electron chi connectivity index (χ1n) is 10.9. The van der Waals surface area contributed by atoms with Crippen LogP contribution in [0.2, 0.25) is 0 Å². The normalized spacial score (nSPS) is 17.9. The van der Waals surface area contributed by atoms with Gasteiger partial charge in [0.15, 0.2) is 0 Å². The maximum atomic E-state index is 12.7. The maximum Gasteiger partial charge on any atom is 0.227 e. The molecule has 0 atom stereocenters. The molecule has 1 aromatic heterocycles. The molecule has 31 heavy (non-hydrogen) atoms. The summed E-state index contributed by atoms with van der Waals surface area (Å²) in [5.41, 5.74) is 3.93. The third-order valence-corrected chi connectivity index (χ3v) is 5.83. The molecule has 0 radical (unpaired) electrons. The Bertz CT molecular complexity index is 936. The van der Waals surface area contributed by atoms with Gasteiger partial charge >= 0.3 is 0 Å². The van der Waals surface area contributed by atoms with Gasteiger partial charge in [-0.1, -0.05) is 12.1 Å². The van der Waals surface area contributed by atoms with Gasteiger partial charge in [-0.05, 0) is 50.0 Å². The van der Waals surface area contributed by atoms with Crippen molar-refractivity contribution in [3.63, 3.8) is 0 Å².